The van der Waals surface area contributed by atoms with E-state index in [1.54, 1.807) is 24.3 Å². The lowest BCUT2D eigenvalue weighted by molar-refractivity contribution is -0.308. The van der Waals surface area contributed by atoms with Crippen molar-refractivity contribution in [1.82, 2.24) is 16.0 Å². The average molecular weight is 890 g/mol. The van der Waals surface area contributed by atoms with Gasteiger partial charge in [0.1, 0.15) is 38.0 Å². The molecule has 0 unspecified atom stereocenters. The van der Waals surface area contributed by atoms with Crippen LogP contribution in [0.15, 0.2) is 78.9 Å². The first-order chi connectivity index (χ1) is 30.6. The highest BCUT2D eigenvalue weighted by Gasteiger charge is 2.53. The molecule has 0 bridgehead atoms. The summed E-state index contributed by atoms with van der Waals surface area (Å²) in [6, 6.07) is 21.3. The maximum atomic E-state index is 14.1. The number of carbonyl (C=O) groups excluding carboxylic acids is 8. The molecule has 3 amide bonds. The summed E-state index contributed by atoms with van der Waals surface area (Å²) in [4.78, 5) is 102. The predicted octanol–water partition coefficient (Wildman–Crippen LogP) is 2.75. The van der Waals surface area contributed by atoms with E-state index in [9.17, 15) is 38.4 Å². The van der Waals surface area contributed by atoms with Crippen molar-refractivity contribution in [2.45, 2.75) is 95.9 Å². The Morgan fingerprint density at radius 3 is 1.78 bits per heavy atom. The highest BCUT2D eigenvalue weighted by molar-refractivity contribution is 5.91. The molecule has 2 aliphatic rings. The minimum absolute atomic E-state index is 0.0145. The molecule has 0 aromatic heterocycles. The summed E-state index contributed by atoms with van der Waals surface area (Å²) >= 11 is 0. The molecular weight excluding hydrogens is 838 g/mol. The van der Waals surface area contributed by atoms with Gasteiger partial charge in [-0.15, -0.1) is 0 Å². The van der Waals surface area contributed by atoms with Gasteiger partial charge in [0.05, 0.1) is 6.61 Å². The van der Waals surface area contributed by atoms with E-state index in [-0.39, 0.29) is 32.0 Å². The first-order valence-corrected chi connectivity index (χ1v) is 20.4. The van der Waals surface area contributed by atoms with Crippen molar-refractivity contribution in [2.75, 3.05) is 26.9 Å². The number of nitrogens with one attached hydrogen (secondary N) is 3. The lowest BCUT2D eigenvalue weighted by Crippen LogP contribution is -2.63. The largest absolute Gasteiger partial charge is 0.463 e. The average Bonchev–Trinajstić information content (AvgIpc) is 3.58. The van der Waals surface area contributed by atoms with Gasteiger partial charge in [-0.3, -0.25) is 33.6 Å². The van der Waals surface area contributed by atoms with E-state index in [4.69, 9.17) is 37.9 Å². The van der Waals surface area contributed by atoms with Gasteiger partial charge in [0.15, 0.2) is 24.6 Å². The fraction of sp³-hybridized carbons (Fsp3) is 0.422. The molecule has 0 saturated carbocycles. The summed E-state index contributed by atoms with van der Waals surface area (Å²) in [5, 5.41) is 7.45. The van der Waals surface area contributed by atoms with Crippen LogP contribution in [0, 0.1) is 0 Å². The van der Waals surface area contributed by atoms with Gasteiger partial charge >= 0.3 is 35.9 Å². The standard InChI is InChI=1S/C45H51N3O16/c1-25(49)57-24-37-39(61-26(2)50)40(62-27(3)51)41(63-28(4)52)44(64-37)59-23-36(43(55)47-35(42(54)46-5)19-20-38(53)58-21-29-13-7-6-8-14-29)48-45(56)60-22-34-32-17-11-9-15-30(32)31-16-10-12-18-33(31)34/h6-18,34-37,39-41,44H,19-24H2,1-5H3,(H,46,54)(H,47,55)(H,48,56)/t35-,36-,37+,39+,40-,41-,44-/m0/s1. The van der Waals surface area contributed by atoms with Crippen LogP contribution in [0.25, 0.3) is 11.1 Å². The van der Waals surface area contributed by atoms with E-state index in [0.29, 0.717) is 0 Å². The normalized spacial score (nSPS) is 19.5. The third-order valence-corrected chi connectivity index (χ3v) is 10.1. The third-order valence-electron chi connectivity index (χ3n) is 10.1. The SMILES string of the molecule is CNC(=O)[C@H](CCC(=O)OCc1ccccc1)NC(=O)[C@H](CO[C@H]1O[C@H](COC(C)=O)[C@@H](OC(C)=O)[C@H](OC(C)=O)[C@@H]1OC(C)=O)NC(=O)OCC1c2ccccc2-c2ccccc21. The molecule has 3 aromatic carbocycles. The molecule has 19 nitrogen and oxygen atoms in total. The highest BCUT2D eigenvalue weighted by atomic mass is 16.7. The number of carbonyl (C=O) groups is 8. The molecule has 342 valence electrons. The highest BCUT2D eigenvalue weighted by Crippen LogP contribution is 2.44. The minimum atomic E-state index is -1.73. The van der Waals surface area contributed by atoms with Gasteiger partial charge in [0.25, 0.3) is 0 Å². The van der Waals surface area contributed by atoms with Crippen LogP contribution < -0.4 is 16.0 Å². The maximum Gasteiger partial charge on any atom is 0.407 e. The molecule has 0 radical (unpaired) electrons. The van der Waals surface area contributed by atoms with Gasteiger partial charge in [-0.05, 0) is 34.2 Å². The van der Waals surface area contributed by atoms with Gasteiger partial charge in [0, 0.05) is 47.1 Å². The van der Waals surface area contributed by atoms with Crippen LogP contribution in [0.2, 0.25) is 0 Å². The van der Waals surface area contributed by atoms with Crippen molar-refractivity contribution in [2.24, 2.45) is 0 Å². The number of esters is 5. The van der Waals surface area contributed by atoms with Crippen LogP contribution >= 0.6 is 0 Å². The Hall–Kier alpha value is -6.86. The van der Waals surface area contributed by atoms with Crippen LogP contribution in [0.3, 0.4) is 0 Å². The van der Waals surface area contributed by atoms with E-state index in [1.165, 1.54) is 7.05 Å². The second-order valence-electron chi connectivity index (χ2n) is 14.8. The van der Waals surface area contributed by atoms with Crippen LogP contribution in [0.5, 0.6) is 0 Å². The van der Waals surface area contributed by atoms with Crippen molar-refractivity contribution >= 4 is 47.8 Å². The van der Waals surface area contributed by atoms with Gasteiger partial charge < -0.3 is 53.8 Å². The number of likely N-dealkylation sites (N-methyl/N-ethyl adjacent to an activating group) is 1. The number of amides is 3. The number of hydrogen-bond acceptors (Lipinski definition) is 16. The number of rotatable bonds is 19. The Balaban J connectivity index is 1.38. The molecule has 64 heavy (non-hydrogen) atoms. The Bertz CT molecular complexity index is 2120. The summed E-state index contributed by atoms with van der Waals surface area (Å²) in [5.41, 5.74) is 4.55. The van der Waals surface area contributed by atoms with Crippen LogP contribution in [0.1, 0.15) is 63.1 Å². The molecule has 0 spiro atoms. The lowest BCUT2D eigenvalue weighted by atomic mass is 9.98. The smallest absolute Gasteiger partial charge is 0.407 e. The second kappa shape index (κ2) is 23.0. The number of hydrogen-bond donors (Lipinski definition) is 3. The number of ether oxygens (including phenoxy) is 8. The number of alkyl carbamates (subject to hydrolysis) is 1. The molecule has 1 saturated heterocycles. The number of benzene rings is 3. The first-order valence-electron chi connectivity index (χ1n) is 20.4. The maximum absolute atomic E-state index is 14.1. The molecule has 3 aromatic rings. The van der Waals surface area contributed by atoms with E-state index in [2.05, 4.69) is 16.0 Å². The summed E-state index contributed by atoms with van der Waals surface area (Å²) in [6.07, 6.45) is -9.40. The topological polar surface area (TPSA) is 246 Å². The Morgan fingerprint density at radius 2 is 1.19 bits per heavy atom. The van der Waals surface area contributed by atoms with Crippen molar-refractivity contribution in [3.8, 4) is 11.1 Å². The molecule has 19 heteroatoms. The second-order valence-corrected chi connectivity index (χ2v) is 14.8. The van der Waals surface area contributed by atoms with Gasteiger partial charge in [0.2, 0.25) is 11.8 Å². The van der Waals surface area contributed by atoms with Crippen LogP contribution in [-0.4, -0.2) is 117 Å². The fourth-order valence-electron chi connectivity index (χ4n) is 7.27. The molecule has 1 aliphatic heterocycles. The molecule has 1 heterocycles. The third kappa shape index (κ3) is 13.3. The zero-order valence-corrected chi connectivity index (χ0v) is 35.9. The summed E-state index contributed by atoms with van der Waals surface area (Å²) in [7, 11) is 1.33. The predicted molar refractivity (Wildman–Crippen MR) is 221 cm³/mol. The molecular formula is C45H51N3O16. The Labute approximate surface area is 368 Å². The van der Waals surface area contributed by atoms with E-state index in [1.807, 2.05) is 54.6 Å². The van der Waals surface area contributed by atoms with Crippen molar-refractivity contribution in [1.29, 1.82) is 0 Å². The summed E-state index contributed by atoms with van der Waals surface area (Å²) < 4.78 is 44.5. The van der Waals surface area contributed by atoms with Gasteiger partial charge in [-0.2, -0.15) is 0 Å². The number of fused-ring (bicyclic) bond motifs is 3. The van der Waals surface area contributed by atoms with Crippen LogP contribution in [0.4, 0.5) is 4.79 Å². The molecule has 7 atom stereocenters. The molecule has 1 fully saturated rings. The van der Waals surface area contributed by atoms with E-state index in [0.717, 1.165) is 55.5 Å². The van der Waals surface area contributed by atoms with Gasteiger partial charge in [-0.1, -0.05) is 78.9 Å². The minimum Gasteiger partial charge on any atom is -0.463 e. The zero-order chi connectivity index (χ0) is 46.3. The zero-order valence-electron chi connectivity index (χ0n) is 35.9. The van der Waals surface area contributed by atoms with E-state index < -0.39 is 104 Å². The van der Waals surface area contributed by atoms with Gasteiger partial charge in [-0.25, -0.2) is 4.79 Å². The first kappa shape index (κ1) is 48.2. The van der Waals surface area contributed by atoms with Crippen molar-refractivity contribution in [3.05, 3.63) is 95.6 Å². The summed E-state index contributed by atoms with van der Waals surface area (Å²) in [6.45, 7) is 2.78. The van der Waals surface area contributed by atoms with Crippen LogP contribution in [-0.2, 0) is 78.1 Å². The monoisotopic (exact) mass is 889 g/mol. The lowest BCUT2D eigenvalue weighted by Gasteiger charge is -2.44. The molecule has 1 aliphatic carbocycles. The fourth-order valence-corrected chi connectivity index (χ4v) is 7.27. The van der Waals surface area contributed by atoms with Crippen molar-refractivity contribution < 1.29 is 76.3 Å². The molecule has 5 rings (SSSR count). The molecule has 3 N–H and O–H groups in total. The van der Waals surface area contributed by atoms with Crippen molar-refractivity contribution in [3.63, 3.8) is 0 Å². The summed E-state index contributed by atoms with van der Waals surface area (Å²) in [5.74, 6) is -6.03. The Morgan fingerprint density at radius 1 is 0.609 bits per heavy atom. The Kier molecular flexibility index (Phi) is 17.3. The van der Waals surface area contributed by atoms with E-state index >= 15 is 0 Å². The quantitative estimate of drug-likeness (QED) is 0.116.